The number of carboxylic acid groups (broad SMARTS) is 1. The van der Waals surface area contributed by atoms with E-state index in [9.17, 15) is 14.7 Å². The van der Waals surface area contributed by atoms with Crippen LogP contribution in [0.4, 0.5) is 4.79 Å². The van der Waals surface area contributed by atoms with Crippen molar-refractivity contribution in [3.8, 4) is 0 Å². The number of likely N-dealkylation sites (N-methyl/N-ethyl adjacent to an activating group) is 1. The van der Waals surface area contributed by atoms with Gasteiger partial charge in [0, 0.05) is 36.6 Å². The highest BCUT2D eigenvalue weighted by Gasteiger charge is 2.25. The predicted octanol–water partition coefficient (Wildman–Crippen LogP) is 2.72. The summed E-state index contributed by atoms with van der Waals surface area (Å²) in [6, 6.07) is 6.83. The highest BCUT2D eigenvalue weighted by atomic mass is 16.6. The monoisotopic (exact) mass is 375 g/mol. The minimum absolute atomic E-state index is 0.185. The maximum absolute atomic E-state index is 12.0. The Bertz CT molecular complexity index is 805. The van der Waals surface area contributed by atoms with Crippen LogP contribution in [0.3, 0.4) is 0 Å². The van der Waals surface area contributed by atoms with E-state index in [4.69, 9.17) is 4.74 Å². The lowest BCUT2D eigenvalue weighted by atomic mass is 10.1. The fraction of sp³-hybridized carbons (Fsp3) is 0.500. The van der Waals surface area contributed by atoms with Crippen molar-refractivity contribution < 1.29 is 19.4 Å². The third-order valence-electron chi connectivity index (χ3n) is 4.07. The van der Waals surface area contributed by atoms with Crippen molar-refractivity contribution in [2.24, 2.45) is 0 Å². The molecule has 0 saturated heterocycles. The van der Waals surface area contributed by atoms with Crippen LogP contribution in [0, 0.1) is 0 Å². The van der Waals surface area contributed by atoms with Gasteiger partial charge in [0.2, 0.25) is 0 Å². The first-order valence-corrected chi connectivity index (χ1v) is 9.00. The molecule has 1 aromatic heterocycles. The Morgan fingerprint density at radius 1 is 1.26 bits per heavy atom. The van der Waals surface area contributed by atoms with Crippen LogP contribution >= 0.6 is 0 Å². The summed E-state index contributed by atoms with van der Waals surface area (Å²) in [6.45, 7) is 6.88. The van der Waals surface area contributed by atoms with Gasteiger partial charge in [0.1, 0.15) is 11.6 Å². The summed E-state index contributed by atoms with van der Waals surface area (Å²) in [6.07, 6.45) is 1.43. The molecule has 2 rings (SSSR count). The Morgan fingerprint density at radius 3 is 2.52 bits per heavy atom. The molecule has 0 bridgehead atoms. The number of benzene rings is 1. The number of rotatable bonds is 7. The zero-order valence-electron chi connectivity index (χ0n) is 16.7. The number of ether oxygens (including phenoxy) is 1. The second-order valence-corrected chi connectivity index (χ2v) is 7.91. The second-order valence-electron chi connectivity index (χ2n) is 7.91. The van der Waals surface area contributed by atoms with E-state index >= 15 is 0 Å². The van der Waals surface area contributed by atoms with Crippen LogP contribution in [0.2, 0.25) is 0 Å². The van der Waals surface area contributed by atoms with Crippen molar-refractivity contribution >= 4 is 23.0 Å². The first-order valence-electron chi connectivity index (χ1n) is 9.00. The number of hydrogen-bond acceptors (Lipinski definition) is 4. The molecular weight excluding hydrogens is 346 g/mol. The SMILES string of the molecule is CN(C)CCn1cc(CC(NC(=O)OC(C)(C)C)C(=O)O)c2ccccc21. The summed E-state index contributed by atoms with van der Waals surface area (Å²) >= 11 is 0. The molecule has 148 valence electrons. The lowest BCUT2D eigenvalue weighted by molar-refractivity contribution is -0.139. The number of nitrogens with zero attached hydrogens (tertiary/aromatic N) is 2. The number of hydrogen-bond donors (Lipinski definition) is 2. The van der Waals surface area contributed by atoms with Gasteiger partial charge in [0.15, 0.2) is 0 Å². The number of nitrogens with one attached hydrogen (secondary N) is 1. The fourth-order valence-corrected chi connectivity index (χ4v) is 2.85. The third-order valence-corrected chi connectivity index (χ3v) is 4.07. The van der Waals surface area contributed by atoms with Gasteiger partial charge < -0.3 is 24.6 Å². The Hall–Kier alpha value is -2.54. The van der Waals surface area contributed by atoms with Gasteiger partial charge in [-0.1, -0.05) is 18.2 Å². The molecule has 0 radical (unpaired) electrons. The smallest absolute Gasteiger partial charge is 0.408 e. The maximum atomic E-state index is 12.0. The van der Waals surface area contributed by atoms with Gasteiger partial charge in [0.25, 0.3) is 0 Å². The van der Waals surface area contributed by atoms with E-state index in [1.54, 1.807) is 20.8 Å². The van der Waals surface area contributed by atoms with E-state index in [1.807, 2.05) is 44.6 Å². The summed E-state index contributed by atoms with van der Waals surface area (Å²) in [4.78, 5) is 25.8. The van der Waals surface area contributed by atoms with Crippen molar-refractivity contribution in [3.63, 3.8) is 0 Å². The summed E-state index contributed by atoms with van der Waals surface area (Å²) in [5.41, 5.74) is 1.25. The first-order chi connectivity index (χ1) is 12.6. The number of carbonyl (C=O) groups excluding carboxylic acids is 1. The summed E-state index contributed by atoms with van der Waals surface area (Å²) < 4.78 is 7.31. The van der Waals surface area contributed by atoms with Crippen LogP contribution in [0.5, 0.6) is 0 Å². The molecule has 1 atom stereocenters. The lowest BCUT2D eigenvalue weighted by Gasteiger charge is -2.22. The second kappa shape index (κ2) is 8.43. The van der Waals surface area contributed by atoms with Gasteiger partial charge in [-0.15, -0.1) is 0 Å². The average Bonchev–Trinajstić information content (AvgIpc) is 2.88. The molecule has 7 nitrogen and oxygen atoms in total. The minimum Gasteiger partial charge on any atom is -0.480 e. The molecule has 0 spiro atoms. The van der Waals surface area contributed by atoms with Crippen LogP contribution in [0.1, 0.15) is 26.3 Å². The highest BCUT2D eigenvalue weighted by molar-refractivity contribution is 5.86. The number of fused-ring (bicyclic) bond motifs is 1. The van der Waals surface area contributed by atoms with Crippen LogP contribution in [-0.4, -0.2) is 58.9 Å². The Labute approximate surface area is 159 Å². The summed E-state index contributed by atoms with van der Waals surface area (Å²) in [7, 11) is 4.02. The molecule has 0 aliphatic heterocycles. The molecule has 0 aliphatic carbocycles. The van der Waals surface area contributed by atoms with Gasteiger partial charge >= 0.3 is 12.1 Å². The first kappa shape index (κ1) is 20.8. The molecule has 7 heteroatoms. The quantitative estimate of drug-likeness (QED) is 0.777. The van der Waals surface area contributed by atoms with Crippen molar-refractivity contribution in [2.45, 2.75) is 45.4 Å². The minimum atomic E-state index is -1.09. The van der Waals surface area contributed by atoms with Gasteiger partial charge in [0.05, 0.1) is 0 Å². The van der Waals surface area contributed by atoms with E-state index in [2.05, 4.69) is 14.8 Å². The number of carboxylic acids is 1. The number of aromatic nitrogens is 1. The molecule has 1 unspecified atom stereocenters. The molecule has 1 amide bonds. The van der Waals surface area contributed by atoms with Crippen molar-refractivity contribution in [1.82, 2.24) is 14.8 Å². The summed E-state index contributed by atoms with van der Waals surface area (Å²) in [5, 5.41) is 13.0. The number of para-hydroxylation sites is 1. The fourth-order valence-electron chi connectivity index (χ4n) is 2.85. The third kappa shape index (κ3) is 5.99. The lowest BCUT2D eigenvalue weighted by Crippen LogP contribution is -2.44. The molecule has 0 saturated carbocycles. The number of aliphatic carboxylic acids is 1. The normalized spacial score (nSPS) is 13.0. The molecule has 1 heterocycles. The molecule has 1 aromatic carbocycles. The van der Waals surface area contributed by atoms with Crippen molar-refractivity contribution in [2.75, 3.05) is 20.6 Å². The number of carbonyl (C=O) groups is 2. The molecule has 0 aliphatic rings. The topological polar surface area (TPSA) is 83.8 Å². The van der Waals surface area contributed by atoms with Crippen LogP contribution < -0.4 is 5.32 Å². The number of alkyl carbamates (subject to hydrolysis) is 1. The average molecular weight is 375 g/mol. The zero-order valence-corrected chi connectivity index (χ0v) is 16.7. The Morgan fingerprint density at radius 2 is 1.93 bits per heavy atom. The zero-order chi connectivity index (χ0) is 20.2. The van der Waals surface area contributed by atoms with Gasteiger partial charge in [-0.25, -0.2) is 9.59 Å². The van der Waals surface area contributed by atoms with Crippen LogP contribution in [-0.2, 0) is 22.5 Å². The predicted molar refractivity (Wildman–Crippen MR) is 105 cm³/mol. The van der Waals surface area contributed by atoms with E-state index in [0.29, 0.717) is 0 Å². The van der Waals surface area contributed by atoms with E-state index in [1.165, 1.54) is 0 Å². The Kier molecular flexibility index (Phi) is 6.49. The van der Waals surface area contributed by atoms with Crippen LogP contribution in [0.25, 0.3) is 10.9 Å². The van der Waals surface area contributed by atoms with E-state index < -0.39 is 23.7 Å². The Balaban J connectivity index is 2.23. The summed E-state index contributed by atoms with van der Waals surface area (Å²) in [5.74, 6) is -1.09. The molecular formula is C20H29N3O4. The largest absolute Gasteiger partial charge is 0.480 e. The van der Waals surface area contributed by atoms with Gasteiger partial charge in [-0.2, -0.15) is 0 Å². The van der Waals surface area contributed by atoms with E-state index in [-0.39, 0.29) is 6.42 Å². The van der Waals surface area contributed by atoms with Crippen molar-refractivity contribution in [1.29, 1.82) is 0 Å². The van der Waals surface area contributed by atoms with Crippen molar-refractivity contribution in [3.05, 3.63) is 36.0 Å². The molecule has 0 fully saturated rings. The highest BCUT2D eigenvalue weighted by Crippen LogP contribution is 2.23. The van der Waals surface area contributed by atoms with E-state index in [0.717, 1.165) is 29.6 Å². The molecule has 2 N–H and O–H groups in total. The number of amides is 1. The maximum Gasteiger partial charge on any atom is 0.408 e. The molecule has 2 aromatic rings. The standard InChI is InChI=1S/C20H29N3O4/c1-20(2,3)27-19(26)21-16(18(24)25)12-14-13-23(11-10-22(4)5)17-9-7-6-8-15(14)17/h6-9,13,16H,10-12H2,1-5H3,(H,21,26)(H,24,25). The van der Waals surface area contributed by atoms with Gasteiger partial charge in [-0.3, -0.25) is 0 Å². The van der Waals surface area contributed by atoms with Gasteiger partial charge in [-0.05, 0) is 46.5 Å². The molecule has 27 heavy (non-hydrogen) atoms. The van der Waals surface area contributed by atoms with Crippen LogP contribution in [0.15, 0.2) is 30.5 Å².